The van der Waals surface area contributed by atoms with Gasteiger partial charge in [0.25, 0.3) is 5.91 Å². The third kappa shape index (κ3) is 6.50. The summed E-state index contributed by atoms with van der Waals surface area (Å²) in [5, 5.41) is 12.2. The maximum Gasteiger partial charge on any atom is 0.349 e. The zero-order chi connectivity index (χ0) is 23.8. The molecule has 0 aliphatic heterocycles. The molecule has 0 saturated carbocycles. The molecule has 2 atom stereocenters. The molecule has 0 bridgehead atoms. The molecule has 1 amide bonds. The molecule has 3 rings (SSSR count). The SMILES string of the molecule is O=C(O[C@H](C(=O)Nc1cccc(Br)c1)[C@@H](OC(=O)c1ccccc1)C(=O)O)c1ccccc1. The van der Waals surface area contributed by atoms with Gasteiger partial charge in [-0.15, -0.1) is 0 Å². The predicted molar refractivity (Wildman–Crippen MR) is 122 cm³/mol. The van der Waals surface area contributed by atoms with Crippen molar-refractivity contribution in [3.05, 3.63) is 101 Å². The molecule has 0 radical (unpaired) electrons. The van der Waals surface area contributed by atoms with Gasteiger partial charge in [-0.1, -0.05) is 58.4 Å². The van der Waals surface area contributed by atoms with Crippen molar-refractivity contribution in [3.63, 3.8) is 0 Å². The topological polar surface area (TPSA) is 119 Å². The van der Waals surface area contributed by atoms with Gasteiger partial charge in [0, 0.05) is 10.2 Å². The Labute approximate surface area is 197 Å². The highest BCUT2D eigenvalue weighted by Crippen LogP contribution is 2.19. The summed E-state index contributed by atoms with van der Waals surface area (Å²) in [6.45, 7) is 0. The highest BCUT2D eigenvalue weighted by molar-refractivity contribution is 9.10. The zero-order valence-electron chi connectivity index (χ0n) is 17.0. The van der Waals surface area contributed by atoms with Crippen LogP contribution in [0.4, 0.5) is 5.69 Å². The number of carboxylic acid groups (broad SMARTS) is 1. The van der Waals surface area contributed by atoms with Crippen LogP contribution in [0.1, 0.15) is 20.7 Å². The fourth-order valence-corrected chi connectivity index (χ4v) is 3.19. The van der Waals surface area contributed by atoms with E-state index in [1.54, 1.807) is 60.7 Å². The first kappa shape index (κ1) is 23.7. The minimum Gasteiger partial charge on any atom is -0.478 e. The molecule has 3 aromatic carbocycles. The van der Waals surface area contributed by atoms with Gasteiger partial charge < -0.3 is 19.9 Å². The number of ether oxygens (including phenoxy) is 2. The van der Waals surface area contributed by atoms with Gasteiger partial charge in [0.15, 0.2) is 0 Å². The van der Waals surface area contributed by atoms with Crippen LogP contribution in [0, 0.1) is 0 Å². The van der Waals surface area contributed by atoms with Gasteiger partial charge in [-0.3, -0.25) is 4.79 Å². The summed E-state index contributed by atoms with van der Waals surface area (Å²) in [4.78, 5) is 50.1. The van der Waals surface area contributed by atoms with Crippen LogP contribution in [0.25, 0.3) is 0 Å². The van der Waals surface area contributed by atoms with Crippen LogP contribution in [0.2, 0.25) is 0 Å². The average molecular weight is 512 g/mol. The molecular formula is C24H18BrNO7. The molecule has 33 heavy (non-hydrogen) atoms. The number of rotatable bonds is 8. The number of anilines is 1. The number of esters is 2. The Morgan fingerprint density at radius 2 is 1.24 bits per heavy atom. The van der Waals surface area contributed by atoms with Crippen LogP contribution >= 0.6 is 15.9 Å². The zero-order valence-corrected chi connectivity index (χ0v) is 18.6. The fraction of sp³-hybridized carbons (Fsp3) is 0.0833. The van der Waals surface area contributed by atoms with Crippen LogP contribution in [0.5, 0.6) is 0 Å². The van der Waals surface area contributed by atoms with Crippen molar-refractivity contribution < 1.29 is 33.8 Å². The lowest BCUT2D eigenvalue weighted by molar-refractivity contribution is -0.157. The van der Waals surface area contributed by atoms with Crippen LogP contribution in [-0.2, 0) is 19.1 Å². The molecule has 9 heteroatoms. The minimum atomic E-state index is -2.10. The van der Waals surface area contributed by atoms with E-state index in [1.807, 2.05) is 0 Å². The summed E-state index contributed by atoms with van der Waals surface area (Å²) in [6, 6.07) is 21.9. The van der Waals surface area contributed by atoms with E-state index in [0.717, 1.165) is 0 Å². The maximum absolute atomic E-state index is 13.0. The molecule has 0 spiro atoms. The van der Waals surface area contributed by atoms with Crippen LogP contribution in [0.3, 0.4) is 0 Å². The molecule has 168 valence electrons. The van der Waals surface area contributed by atoms with E-state index >= 15 is 0 Å². The van der Waals surface area contributed by atoms with Crippen LogP contribution in [0.15, 0.2) is 89.4 Å². The van der Waals surface area contributed by atoms with Crippen molar-refractivity contribution in [2.45, 2.75) is 12.2 Å². The number of carbonyl (C=O) groups excluding carboxylic acids is 3. The highest BCUT2D eigenvalue weighted by atomic mass is 79.9. The molecule has 0 aliphatic rings. The van der Waals surface area contributed by atoms with Crippen LogP contribution < -0.4 is 5.32 Å². The van der Waals surface area contributed by atoms with Gasteiger partial charge in [-0.05, 0) is 42.5 Å². The second kappa shape index (κ2) is 11.1. The lowest BCUT2D eigenvalue weighted by atomic mass is 10.1. The summed E-state index contributed by atoms with van der Waals surface area (Å²) >= 11 is 3.27. The van der Waals surface area contributed by atoms with Crippen molar-refractivity contribution >= 4 is 45.4 Å². The number of halogens is 1. The van der Waals surface area contributed by atoms with Crippen molar-refractivity contribution in [1.29, 1.82) is 0 Å². The number of hydrogen-bond acceptors (Lipinski definition) is 6. The van der Waals surface area contributed by atoms with Gasteiger partial charge in [0.1, 0.15) is 0 Å². The molecule has 0 aromatic heterocycles. The molecule has 0 saturated heterocycles. The molecule has 2 N–H and O–H groups in total. The summed E-state index contributed by atoms with van der Waals surface area (Å²) < 4.78 is 11.0. The standard InChI is InChI=1S/C24H18BrNO7/c25-17-12-7-13-18(14-17)26-21(27)19(32-23(30)15-8-3-1-4-9-15)20(22(28)29)33-24(31)16-10-5-2-6-11-16/h1-14,19-20H,(H,26,27)(H,28,29)/t19-,20+/m0/s1. The molecule has 0 fully saturated rings. The van der Waals surface area contributed by atoms with Crippen molar-refractivity contribution in [2.24, 2.45) is 0 Å². The molecule has 3 aromatic rings. The molecule has 0 unspecified atom stereocenters. The lowest BCUT2D eigenvalue weighted by Crippen LogP contribution is -2.48. The van der Waals surface area contributed by atoms with Gasteiger partial charge in [0.05, 0.1) is 11.1 Å². The van der Waals surface area contributed by atoms with Crippen LogP contribution in [-0.4, -0.2) is 41.1 Å². The number of hydrogen-bond donors (Lipinski definition) is 2. The maximum atomic E-state index is 13.0. The van der Waals surface area contributed by atoms with E-state index in [1.165, 1.54) is 24.3 Å². The van der Waals surface area contributed by atoms with Gasteiger partial charge in [0.2, 0.25) is 12.2 Å². The molecule has 8 nitrogen and oxygen atoms in total. The van der Waals surface area contributed by atoms with Crippen molar-refractivity contribution in [3.8, 4) is 0 Å². The van der Waals surface area contributed by atoms with E-state index in [9.17, 15) is 24.3 Å². The number of carbonyl (C=O) groups is 4. The number of carboxylic acids is 1. The third-order valence-electron chi connectivity index (χ3n) is 4.36. The Hall–Kier alpha value is -3.98. The smallest absolute Gasteiger partial charge is 0.349 e. The Balaban J connectivity index is 1.90. The normalized spacial score (nSPS) is 12.2. The van der Waals surface area contributed by atoms with Crippen molar-refractivity contribution in [2.75, 3.05) is 5.32 Å². The molecule has 0 aliphatic carbocycles. The predicted octanol–water partition coefficient (Wildman–Crippen LogP) is 3.92. The summed E-state index contributed by atoms with van der Waals surface area (Å²) in [5.41, 5.74) is 0.481. The summed E-state index contributed by atoms with van der Waals surface area (Å²) in [7, 11) is 0. The van der Waals surface area contributed by atoms with Gasteiger partial charge >= 0.3 is 17.9 Å². The minimum absolute atomic E-state index is 0.0734. The second-order valence-electron chi connectivity index (χ2n) is 6.72. The van der Waals surface area contributed by atoms with E-state index < -0.39 is 36.0 Å². The van der Waals surface area contributed by atoms with Gasteiger partial charge in [-0.2, -0.15) is 0 Å². The molecule has 0 heterocycles. The Bertz CT molecular complexity index is 1150. The first-order valence-electron chi connectivity index (χ1n) is 9.66. The average Bonchev–Trinajstić information content (AvgIpc) is 2.82. The first-order valence-corrected chi connectivity index (χ1v) is 10.5. The lowest BCUT2D eigenvalue weighted by Gasteiger charge is -2.23. The van der Waals surface area contributed by atoms with Gasteiger partial charge in [-0.25, -0.2) is 14.4 Å². The monoisotopic (exact) mass is 511 g/mol. The molecular weight excluding hydrogens is 494 g/mol. The van der Waals surface area contributed by atoms with Crippen molar-refractivity contribution in [1.82, 2.24) is 0 Å². The fourth-order valence-electron chi connectivity index (χ4n) is 2.79. The Kier molecular flexibility index (Phi) is 7.93. The summed E-state index contributed by atoms with van der Waals surface area (Å²) in [5.74, 6) is -4.58. The van der Waals surface area contributed by atoms with E-state index in [0.29, 0.717) is 10.2 Å². The quantitative estimate of drug-likeness (QED) is 0.439. The number of nitrogens with one attached hydrogen (secondary N) is 1. The first-order chi connectivity index (χ1) is 15.8. The van der Waals surface area contributed by atoms with E-state index in [4.69, 9.17) is 9.47 Å². The number of aliphatic carboxylic acids is 1. The number of amides is 1. The highest BCUT2D eigenvalue weighted by Gasteiger charge is 2.41. The largest absolute Gasteiger partial charge is 0.478 e. The summed E-state index contributed by atoms with van der Waals surface area (Å²) in [6.07, 6.45) is -4.07. The third-order valence-corrected chi connectivity index (χ3v) is 4.85. The Morgan fingerprint density at radius 1 is 0.727 bits per heavy atom. The Morgan fingerprint density at radius 3 is 1.73 bits per heavy atom. The number of benzene rings is 3. The van der Waals surface area contributed by atoms with E-state index in [2.05, 4.69) is 21.2 Å². The second-order valence-corrected chi connectivity index (χ2v) is 7.64. The van der Waals surface area contributed by atoms with E-state index in [-0.39, 0.29) is 11.1 Å².